The molecule has 0 radical (unpaired) electrons. The zero-order valence-electron chi connectivity index (χ0n) is 13.8. The van der Waals surface area contributed by atoms with Gasteiger partial charge in [-0.2, -0.15) is 0 Å². The lowest BCUT2D eigenvalue weighted by Gasteiger charge is -2.38. The first-order chi connectivity index (χ1) is 11.0. The first-order valence-electron chi connectivity index (χ1n) is 8.02. The number of fused-ring (bicyclic) bond motifs is 1. The van der Waals surface area contributed by atoms with Crippen LogP contribution in [-0.2, 0) is 16.1 Å². The molecule has 0 N–H and O–H groups in total. The summed E-state index contributed by atoms with van der Waals surface area (Å²) in [4.78, 5) is 32.6. The van der Waals surface area contributed by atoms with E-state index in [0.29, 0.717) is 13.1 Å². The van der Waals surface area contributed by atoms with Crippen molar-refractivity contribution in [2.75, 3.05) is 13.1 Å². The molecule has 1 saturated heterocycles. The van der Waals surface area contributed by atoms with E-state index in [1.54, 1.807) is 16.7 Å². The summed E-state index contributed by atoms with van der Waals surface area (Å²) < 4.78 is 1.95. The number of carbonyl (C=O) groups excluding carboxylic acids is 2. The van der Waals surface area contributed by atoms with E-state index >= 15 is 0 Å². The molecule has 3 heterocycles. The fraction of sp³-hybridized carbons (Fsp3) is 0.471. The second-order valence-corrected chi connectivity index (χ2v) is 6.16. The van der Waals surface area contributed by atoms with Crippen molar-refractivity contribution < 1.29 is 9.59 Å². The van der Waals surface area contributed by atoms with Crippen molar-refractivity contribution in [1.29, 1.82) is 0 Å². The van der Waals surface area contributed by atoms with Crippen molar-refractivity contribution in [3.63, 3.8) is 0 Å². The molecule has 0 aliphatic carbocycles. The predicted molar refractivity (Wildman–Crippen MR) is 86.8 cm³/mol. The van der Waals surface area contributed by atoms with Crippen LogP contribution in [-0.4, -0.2) is 50.1 Å². The van der Waals surface area contributed by atoms with E-state index in [0.717, 1.165) is 23.3 Å². The van der Waals surface area contributed by atoms with E-state index in [9.17, 15) is 9.59 Å². The Labute approximate surface area is 135 Å². The molecule has 0 unspecified atom stereocenters. The van der Waals surface area contributed by atoms with Crippen LogP contribution in [0.5, 0.6) is 0 Å². The molecule has 23 heavy (non-hydrogen) atoms. The number of amides is 2. The van der Waals surface area contributed by atoms with Crippen LogP contribution in [0.4, 0.5) is 0 Å². The fourth-order valence-corrected chi connectivity index (χ4v) is 3.04. The Hall–Kier alpha value is -2.37. The smallest absolute Gasteiger partial charge is 0.245 e. The Balaban J connectivity index is 1.80. The van der Waals surface area contributed by atoms with Crippen LogP contribution in [0.2, 0.25) is 0 Å². The van der Waals surface area contributed by atoms with E-state index in [-0.39, 0.29) is 18.4 Å². The third-order valence-corrected chi connectivity index (χ3v) is 4.26. The Kier molecular flexibility index (Phi) is 4.07. The molecule has 2 aromatic heterocycles. The van der Waals surface area contributed by atoms with Crippen molar-refractivity contribution in [2.45, 2.75) is 39.8 Å². The zero-order valence-corrected chi connectivity index (χ0v) is 13.8. The minimum Gasteiger partial charge on any atom is -0.332 e. The van der Waals surface area contributed by atoms with E-state index in [2.05, 4.69) is 4.98 Å². The number of carbonyl (C=O) groups is 2. The maximum absolute atomic E-state index is 12.4. The molecule has 0 aromatic carbocycles. The summed E-state index contributed by atoms with van der Waals surface area (Å²) in [5, 5.41) is 0. The minimum atomic E-state index is -0.436. The number of imidazole rings is 1. The van der Waals surface area contributed by atoms with Gasteiger partial charge in [-0.3, -0.25) is 9.59 Å². The predicted octanol–water partition coefficient (Wildman–Crippen LogP) is 1.61. The molecule has 0 spiro atoms. The first kappa shape index (κ1) is 15.5. The average molecular weight is 314 g/mol. The molecular weight excluding hydrogens is 292 g/mol. The maximum Gasteiger partial charge on any atom is 0.245 e. The molecule has 1 aliphatic rings. The number of hydrogen-bond donors (Lipinski definition) is 0. The molecule has 1 atom stereocenters. The molecular formula is C17H22N4O2. The molecule has 0 saturated carbocycles. The highest BCUT2D eigenvalue weighted by Crippen LogP contribution is 2.17. The summed E-state index contributed by atoms with van der Waals surface area (Å²) in [6.45, 7) is 7.00. The lowest BCUT2D eigenvalue weighted by molar-refractivity contribution is -0.155. The van der Waals surface area contributed by atoms with Gasteiger partial charge in [0.25, 0.3) is 0 Å². The van der Waals surface area contributed by atoms with Crippen molar-refractivity contribution in [1.82, 2.24) is 19.2 Å². The van der Waals surface area contributed by atoms with Crippen molar-refractivity contribution in [2.24, 2.45) is 0 Å². The Morgan fingerprint density at radius 1 is 1.26 bits per heavy atom. The van der Waals surface area contributed by atoms with Gasteiger partial charge in [0.2, 0.25) is 11.8 Å². The third-order valence-electron chi connectivity index (χ3n) is 4.26. The van der Waals surface area contributed by atoms with Gasteiger partial charge in [0.15, 0.2) is 0 Å². The lowest BCUT2D eigenvalue weighted by Crippen LogP contribution is -2.58. The quantitative estimate of drug-likeness (QED) is 0.861. The number of aromatic nitrogens is 2. The Bertz CT molecular complexity index is 752. The van der Waals surface area contributed by atoms with Gasteiger partial charge in [0.1, 0.15) is 11.7 Å². The topological polar surface area (TPSA) is 57.9 Å². The van der Waals surface area contributed by atoms with E-state index in [4.69, 9.17) is 0 Å². The summed E-state index contributed by atoms with van der Waals surface area (Å²) in [7, 11) is 0. The molecule has 0 bridgehead atoms. The molecule has 122 valence electrons. The van der Waals surface area contributed by atoms with Crippen LogP contribution in [0.25, 0.3) is 5.65 Å². The van der Waals surface area contributed by atoms with Crippen molar-refractivity contribution >= 4 is 17.5 Å². The zero-order chi connectivity index (χ0) is 16.6. The molecule has 6 nitrogen and oxygen atoms in total. The second kappa shape index (κ2) is 6.02. The fourth-order valence-electron chi connectivity index (χ4n) is 3.04. The highest BCUT2D eigenvalue weighted by atomic mass is 16.2. The lowest BCUT2D eigenvalue weighted by atomic mass is 10.1. The van der Waals surface area contributed by atoms with E-state index in [1.165, 1.54) is 0 Å². The van der Waals surface area contributed by atoms with Crippen molar-refractivity contribution in [3.05, 3.63) is 35.8 Å². The number of hydrogen-bond acceptors (Lipinski definition) is 3. The van der Waals surface area contributed by atoms with Crippen LogP contribution in [0.15, 0.2) is 24.5 Å². The summed E-state index contributed by atoms with van der Waals surface area (Å²) in [5.41, 5.74) is 2.79. The first-order valence-corrected chi connectivity index (χ1v) is 8.02. The molecule has 6 heteroatoms. The van der Waals surface area contributed by atoms with Crippen molar-refractivity contribution in [3.8, 4) is 0 Å². The van der Waals surface area contributed by atoms with Gasteiger partial charge in [-0.1, -0.05) is 13.0 Å². The van der Waals surface area contributed by atoms with Gasteiger partial charge in [-0.15, -0.1) is 0 Å². The highest BCUT2D eigenvalue weighted by Gasteiger charge is 2.36. The van der Waals surface area contributed by atoms with Gasteiger partial charge in [-0.25, -0.2) is 4.98 Å². The summed E-state index contributed by atoms with van der Waals surface area (Å²) >= 11 is 0. The largest absolute Gasteiger partial charge is 0.332 e. The minimum absolute atomic E-state index is 0.0150. The van der Waals surface area contributed by atoms with Crippen LogP contribution < -0.4 is 0 Å². The van der Waals surface area contributed by atoms with Crippen LogP contribution in [0, 0.1) is 6.92 Å². The van der Waals surface area contributed by atoms with Crippen LogP contribution in [0.1, 0.15) is 31.5 Å². The Morgan fingerprint density at radius 2 is 2.04 bits per heavy atom. The number of pyridine rings is 1. The highest BCUT2D eigenvalue weighted by molar-refractivity contribution is 5.94. The number of piperazine rings is 1. The average Bonchev–Trinajstić information content (AvgIpc) is 2.91. The van der Waals surface area contributed by atoms with Gasteiger partial charge >= 0.3 is 0 Å². The van der Waals surface area contributed by atoms with Crippen LogP contribution >= 0.6 is 0 Å². The van der Waals surface area contributed by atoms with Gasteiger partial charge in [-0.05, 0) is 31.9 Å². The molecule has 2 aromatic rings. The van der Waals surface area contributed by atoms with Gasteiger partial charge in [0.05, 0.1) is 18.8 Å². The summed E-state index contributed by atoms with van der Waals surface area (Å²) in [6, 6.07) is 3.52. The number of nitrogens with zero attached hydrogens (tertiary/aromatic N) is 4. The van der Waals surface area contributed by atoms with E-state index in [1.807, 2.05) is 42.8 Å². The standard InChI is InChI=1S/C17H22N4O2/c1-4-7-19-11-16(22)21(13(3)17(19)23)10-14-9-20-8-12(2)5-6-15(20)18-14/h5-6,8-9,13H,4,7,10-11H2,1-3H3/t13-/m0/s1. The summed E-state index contributed by atoms with van der Waals surface area (Å²) in [6.07, 6.45) is 4.78. The maximum atomic E-state index is 12.4. The second-order valence-electron chi connectivity index (χ2n) is 6.16. The molecule has 3 rings (SSSR count). The van der Waals surface area contributed by atoms with Gasteiger partial charge in [0, 0.05) is 18.9 Å². The SMILES string of the molecule is CCCN1CC(=O)N(Cc2cn3cc(C)ccc3n2)[C@@H](C)C1=O. The monoisotopic (exact) mass is 314 g/mol. The van der Waals surface area contributed by atoms with Gasteiger partial charge < -0.3 is 14.2 Å². The Morgan fingerprint density at radius 3 is 2.78 bits per heavy atom. The molecule has 1 fully saturated rings. The summed E-state index contributed by atoms with van der Waals surface area (Å²) in [5.74, 6) is 0.00449. The third kappa shape index (κ3) is 2.93. The number of rotatable bonds is 4. The molecule has 1 aliphatic heterocycles. The van der Waals surface area contributed by atoms with Crippen LogP contribution in [0.3, 0.4) is 0 Å². The van der Waals surface area contributed by atoms with E-state index < -0.39 is 6.04 Å². The normalized spacial score (nSPS) is 19.0. The molecule has 2 amide bonds. The number of aryl methyl sites for hydroxylation is 1.